The Bertz CT molecular complexity index is 1720. The number of amides is 2. The highest BCUT2D eigenvalue weighted by atomic mass is 79.9. The van der Waals surface area contributed by atoms with Gasteiger partial charge in [0.2, 0.25) is 11.8 Å². The fraction of sp³-hybridized carbons (Fsp3) is 0.278. The second-order valence-corrected chi connectivity index (χ2v) is 14.0. The molecule has 0 aromatic heterocycles. The number of hydrogen-bond donors (Lipinski definition) is 1. The van der Waals surface area contributed by atoms with E-state index in [-0.39, 0.29) is 29.8 Å². The minimum atomic E-state index is -4.21. The molecular formula is C36H40BrN3O5S. The maximum atomic E-state index is 14.6. The minimum absolute atomic E-state index is 0.00978. The van der Waals surface area contributed by atoms with Crippen molar-refractivity contribution >= 4 is 43.5 Å². The zero-order chi connectivity index (χ0) is 33.3. The van der Waals surface area contributed by atoms with Gasteiger partial charge in [-0.15, -0.1) is 0 Å². The summed E-state index contributed by atoms with van der Waals surface area (Å²) in [6.45, 7) is 5.37. The van der Waals surface area contributed by atoms with Crippen LogP contribution in [0.25, 0.3) is 0 Å². The van der Waals surface area contributed by atoms with Gasteiger partial charge in [-0.2, -0.15) is 0 Å². The summed E-state index contributed by atoms with van der Waals surface area (Å²) >= 11 is 3.51. The van der Waals surface area contributed by atoms with Crippen molar-refractivity contribution in [1.82, 2.24) is 10.2 Å². The van der Waals surface area contributed by atoms with E-state index < -0.39 is 28.5 Å². The molecule has 4 aromatic rings. The van der Waals surface area contributed by atoms with Crippen molar-refractivity contribution < 1.29 is 22.7 Å². The van der Waals surface area contributed by atoms with Crippen LogP contribution < -0.4 is 14.4 Å². The molecule has 0 fully saturated rings. The van der Waals surface area contributed by atoms with Gasteiger partial charge in [0.1, 0.15) is 18.3 Å². The average molecular weight is 707 g/mol. The number of hydrogen-bond acceptors (Lipinski definition) is 5. The van der Waals surface area contributed by atoms with Gasteiger partial charge in [-0.25, -0.2) is 8.42 Å². The Morgan fingerprint density at radius 3 is 2.15 bits per heavy atom. The summed E-state index contributed by atoms with van der Waals surface area (Å²) in [7, 11) is -2.70. The molecule has 1 N–H and O–H groups in total. The summed E-state index contributed by atoms with van der Waals surface area (Å²) < 4.78 is 35.5. The van der Waals surface area contributed by atoms with E-state index in [2.05, 4.69) is 21.2 Å². The third-order valence-corrected chi connectivity index (χ3v) is 10.0. The summed E-state index contributed by atoms with van der Waals surface area (Å²) in [5, 5.41) is 3.05. The van der Waals surface area contributed by atoms with E-state index in [9.17, 15) is 18.0 Å². The van der Waals surface area contributed by atoms with Crippen molar-refractivity contribution in [3.8, 4) is 5.75 Å². The highest BCUT2D eigenvalue weighted by Crippen LogP contribution is 2.27. The zero-order valence-corrected chi connectivity index (χ0v) is 28.9. The first-order chi connectivity index (χ1) is 22.0. The van der Waals surface area contributed by atoms with Gasteiger partial charge in [-0.1, -0.05) is 83.0 Å². The van der Waals surface area contributed by atoms with E-state index in [0.717, 1.165) is 25.5 Å². The molecule has 4 rings (SSSR count). The molecule has 0 saturated carbocycles. The lowest BCUT2D eigenvalue weighted by Gasteiger charge is -2.34. The number of nitrogens with zero attached hydrogens (tertiary/aromatic N) is 2. The lowest BCUT2D eigenvalue weighted by Crippen LogP contribution is -2.54. The van der Waals surface area contributed by atoms with Crippen molar-refractivity contribution in [2.24, 2.45) is 0 Å². The van der Waals surface area contributed by atoms with Gasteiger partial charge in [0, 0.05) is 23.5 Å². The molecule has 46 heavy (non-hydrogen) atoms. The van der Waals surface area contributed by atoms with E-state index in [4.69, 9.17) is 4.74 Å². The second kappa shape index (κ2) is 15.9. The number of ether oxygens (including phenoxy) is 1. The standard InChI is InChI=1S/C36H40BrN3O5S/c1-5-27(3)38-36(42)34(23-28-10-7-6-8-11-28)39(24-29-12-9-13-30(37)22-29)35(41)25-40(31-16-14-26(2)15-17-31)46(43,44)33-20-18-32(45-4)19-21-33/h6-22,27,34H,5,23-25H2,1-4H3,(H,38,42)/t27-,34+/m1/s1. The molecule has 0 bridgehead atoms. The van der Waals surface area contributed by atoms with E-state index in [1.54, 1.807) is 36.4 Å². The predicted octanol–water partition coefficient (Wildman–Crippen LogP) is 6.52. The van der Waals surface area contributed by atoms with Gasteiger partial charge in [-0.05, 0) is 79.9 Å². The fourth-order valence-corrected chi connectivity index (χ4v) is 6.80. The summed E-state index contributed by atoms with van der Waals surface area (Å²) in [4.78, 5) is 30.0. The molecular weight excluding hydrogens is 666 g/mol. The van der Waals surface area contributed by atoms with Gasteiger partial charge in [0.25, 0.3) is 10.0 Å². The monoisotopic (exact) mass is 705 g/mol. The van der Waals surface area contributed by atoms with E-state index in [1.807, 2.05) is 75.4 Å². The van der Waals surface area contributed by atoms with Gasteiger partial charge < -0.3 is 15.0 Å². The smallest absolute Gasteiger partial charge is 0.264 e. The molecule has 2 amide bonds. The molecule has 10 heteroatoms. The zero-order valence-electron chi connectivity index (χ0n) is 26.5. The molecule has 0 saturated heterocycles. The number of aryl methyl sites for hydroxylation is 1. The van der Waals surface area contributed by atoms with Crippen LogP contribution in [0.2, 0.25) is 0 Å². The number of carbonyl (C=O) groups excluding carboxylic acids is 2. The lowest BCUT2D eigenvalue weighted by molar-refractivity contribution is -0.140. The van der Waals surface area contributed by atoms with E-state index in [1.165, 1.54) is 24.1 Å². The number of anilines is 1. The van der Waals surface area contributed by atoms with E-state index >= 15 is 0 Å². The quantitative estimate of drug-likeness (QED) is 0.161. The molecule has 8 nitrogen and oxygen atoms in total. The number of rotatable bonds is 14. The molecule has 0 heterocycles. The number of benzene rings is 4. The molecule has 0 unspecified atom stereocenters. The first kappa shape index (κ1) is 34.7. The molecule has 0 aliphatic heterocycles. The minimum Gasteiger partial charge on any atom is -0.497 e. The summed E-state index contributed by atoms with van der Waals surface area (Å²) in [6.07, 6.45) is 0.962. The van der Waals surface area contributed by atoms with Crippen LogP contribution in [0.1, 0.15) is 37.0 Å². The molecule has 242 valence electrons. The fourth-order valence-electron chi connectivity index (χ4n) is 4.94. The summed E-state index contributed by atoms with van der Waals surface area (Å²) in [5.74, 6) is -0.312. The van der Waals surface area contributed by atoms with Crippen LogP contribution in [0.4, 0.5) is 5.69 Å². The Balaban J connectivity index is 1.80. The third kappa shape index (κ3) is 8.98. The van der Waals surface area contributed by atoms with Gasteiger partial charge in [-0.3, -0.25) is 13.9 Å². The van der Waals surface area contributed by atoms with Crippen molar-refractivity contribution in [2.75, 3.05) is 18.0 Å². The Morgan fingerprint density at radius 2 is 1.54 bits per heavy atom. The average Bonchev–Trinajstić information content (AvgIpc) is 3.06. The molecule has 4 aromatic carbocycles. The summed E-state index contributed by atoms with van der Waals surface area (Å²) in [5.41, 5.74) is 2.94. The van der Waals surface area contributed by atoms with Crippen molar-refractivity contribution in [3.05, 3.63) is 124 Å². The van der Waals surface area contributed by atoms with Gasteiger partial charge >= 0.3 is 0 Å². The van der Waals surface area contributed by atoms with Crippen molar-refractivity contribution in [2.45, 2.75) is 57.1 Å². The number of nitrogens with one attached hydrogen (secondary N) is 1. The van der Waals surface area contributed by atoms with Crippen LogP contribution in [-0.2, 0) is 32.6 Å². The Kier molecular flexibility index (Phi) is 12.0. The van der Waals surface area contributed by atoms with Crippen LogP contribution in [-0.4, -0.2) is 50.9 Å². The van der Waals surface area contributed by atoms with Gasteiger partial charge in [0.05, 0.1) is 17.7 Å². The molecule has 0 radical (unpaired) electrons. The number of methoxy groups -OCH3 is 1. The largest absolute Gasteiger partial charge is 0.497 e. The number of halogens is 1. The Labute approximate surface area is 280 Å². The van der Waals surface area contributed by atoms with E-state index in [0.29, 0.717) is 17.9 Å². The Morgan fingerprint density at radius 1 is 0.891 bits per heavy atom. The maximum absolute atomic E-state index is 14.6. The highest BCUT2D eigenvalue weighted by Gasteiger charge is 2.35. The maximum Gasteiger partial charge on any atom is 0.264 e. The number of sulfonamides is 1. The SMILES string of the molecule is CC[C@@H](C)NC(=O)[C@H](Cc1ccccc1)N(Cc1cccc(Br)c1)C(=O)CN(c1ccc(C)cc1)S(=O)(=O)c1ccc(OC)cc1. The van der Waals surface area contributed by atoms with Crippen LogP contribution >= 0.6 is 15.9 Å². The topological polar surface area (TPSA) is 96.0 Å². The molecule has 2 atom stereocenters. The number of carbonyl (C=O) groups is 2. The summed E-state index contributed by atoms with van der Waals surface area (Å²) in [6, 6.07) is 29.0. The third-order valence-electron chi connectivity index (χ3n) is 7.76. The van der Waals surface area contributed by atoms with Gasteiger partial charge in [0.15, 0.2) is 0 Å². The van der Waals surface area contributed by atoms with Crippen LogP contribution in [0.5, 0.6) is 5.75 Å². The first-order valence-corrected chi connectivity index (χ1v) is 17.4. The van der Waals surface area contributed by atoms with Crippen LogP contribution in [0.15, 0.2) is 112 Å². The normalized spacial score (nSPS) is 12.5. The Hall–Kier alpha value is -4.15. The van der Waals surface area contributed by atoms with Crippen molar-refractivity contribution in [1.29, 1.82) is 0 Å². The van der Waals surface area contributed by atoms with Crippen molar-refractivity contribution in [3.63, 3.8) is 0 Å². The van der Waals surface area contributed by atoms with Crippen LogP contribution in [0.3, 0.4) is 0 Å². The second-order valence-electron chi connectivity index (χ2n) is 11.2. The highest BCUT2D eigenvalue weighted by molar-refractivity contribution is 9.10. The first-order valence-electron chi connectivity index (χ1n) is 15.1. The molecule has 0 aliphatic carbocycles. The lowest BCUT2D eigenvalue weighted by atomic mass is 10.0. The van der Waals surface area contributed by atoms with Crippen LogP contribution in [0, 0.1) is 6.92 Å². The molecule has 0 spiro atoms. The molecule has 0 aliphatic rings. The predicted molar refractivity (Wildman–Crippen MR) is 185 cm³/mol.